The van der Waals surface area contributed by atoms with Crippen molar-refractivity contribution in [1.29, 1.82) is 0 Å². The molecule has 0 atom stereocenters. The van der Waals surface area contributed by atoms with Crippen LogP contribution in [0.3, 0.4) is 0 Å². The van der Waals surface area contributed by atoms with E-state index in [1.54, 1.807) is 11.3 Å². The minimum Gasteiger partial charge on any atom is -0.494 e. The van der Waals surface area contributed by atoms with E-state index >= 15 is 0 Å². The van der Waals surface area contributed by atoms with E-state index in [0.717, 1.165) is 39.9 Å². The Morgan fingerprint density at radius 2 is 1.09 bits per heavy atom. The molecule has 0 amide bonds. The predicted octanol–water partition coefficient (Wildman–Crippen LogP) is 8.95. The van der Waals surface area contributed by atoms with Gasteiger partial charge in [0.25, 0.3) is 0 Å². The van der Waals surface area contributed by atoms with Crippen molar-refractivity contribution >= 4 is 11.3 Å². The van der Waals surface area contributed by atoms with E-state index in [1.807, 2.05) is 30.3 Å². The smallest absolute Gasteiger partial charge is 0.148 e. The Labute approximate surface area is 198 Å². The van der Waals surface area contributed by atoms with E-state index in [2.05, 4.69) is 41.4 Å². The number of aromatic nitrogens is 2. The van der Waals surface area contributed by atoms with Crippen LogP contribution in [-0.2, 0) is 0 Å². The van der Waals surface area contributed by atoms with Gasteiger partial charge in [0.05, 0.1) is 6.61 Å². The van der Waals surface area contributed by atoms with Crippen LogP contribution < -0.4 is 4.74 Å². The molecule has 0 radical (unpaired) electrons. The molecule has 2 aromatic carbocycles. The van der Waals surface area contributed by atoms with Gasteiger partial charge in [0.15, 0.2) is 0 Å². The highest BCUT2D eigenvalue weighted by molar-refractivity contribution is 7.17. The molecular weight excluding hydrogens is 412 g/mol. The lowest BCUT2D eigenvalue weighted by Crippen LogP contribution is -1.97. The standard InChI is InChI=1S/C28H38N2OS/c1-2-3-4-5-6-7-8-9-10-11-12-16-23-31-26-21-19-25(20-22-26)28-30-29-27(32-28)24-17-14-13-15-18-24/h13-15,17-22H,2-12,16,23H2,1H3. The van der Waals surface area contributed by atoms with Crippen molar-refractivity contribution in [3.8, 4) is 26.9 Å². The minimum absolute atomic E-state index is 0.799. The fourth-order valence-corrected chi connectivity index (χ4v) is 4.72. The van der Waals surface area contributed by atoms with Crippen molar-refractivity contribution in [2.24, 2.45) is 0 Å². The molecule has 1 heterocycles. The number of hydrogen-bond donors (Lipinski definition) is 0. The van der Waals surface area contributed by atoms with Crippen LogP contribution in [0.15, 0.2) is 54.6 Å². The van der Waals surface area contributed by atoms with Crippen LogP contribution in [0, 0.1) is 0 Å². The summed E-state index contributed by atoms with van der Waals surface area (Å²) in [6.07, 6.45) is 16.4. The second kappa shape index (κ2) is 14.8. The van der Waals surface area contributed by atoms with E-state index < -0.39 is 0 Å². The lowest BCUT2D eigenvalue weighted by Gasteiger charge is -2.07. The second-order valence-corrected chi connectivity index (χ2v) is 9.52. The number of unbranched alkanes of at least 4 members (excludes halogenated alkanes) is 11. The molecule has 0 fully saturated rings. The SMILES string of the molecule is CCCCCCCCCCCCCCOc1ccc(-c2nnc(-c3ccccc3)s2)cc1. The lowest BCUT2D eigenvalue weighted by molar-refractivity contribution is 0.304. The molecule has 4 heteroatoms. The monoisotopic (exact) mass is 450 g/mol. The fourth-order valence-electron chi connectivity index (χ4n) is 3.86. The first-order chi connectivity index (χ1) is 15.9. The number of nitrogens with zero attached hydrogens (tertiary/aromatic N) is 2. The van der Waals surface area contributed by atoms with E-state index in [1.165, 1.54) is 70.6 Å². The van der Waals surface area contributed by atoms with Gasteiger partial charge in [-0.05, 0) is 30.7 Å². The third-order valence-corrected chi connectivity index (χ3v) is 6.84. The van der Waals surface area contributed by atoms with Crippen LogP contribution in [0.25, 0.3) is 21.1 Å². The molecule has 0 saturated heterocycles. The molecule has 3 nitrogen and oxygen atoms in total. The summed E-state index contributed by atoms with van der Waals surface area (Å²) in [4.78, 5) is 0. The summed E-state index contributed by atoms with van der Waals surface area (Å²) in [7, 11) is 0. The van der Waals surface area contributed by atoms with Gasteiger partial charge >= 0.3 is 0 Å². The summed E-state index contributed by atoms with van der Waals surface area (Å²) in [5.74, 6) is 0.935. The summed E-state index contributed by atoms with van der Waals surface area (Å²) in [5.41, 5.74) is 2.20. The molecule has 0 unspecified atom stereocenters. The molecular formula is C28H38N2OS. The maximum Gasteiger partial charge on any atom is 0.148 e. The van der Waals surface area contributed by atoms with Gasteiger partial charge in [-0.1, -0.05) is 119 Å². The average Bonchev–Trinajstić information content (AvgIpc) is 3.33. The van der Waals surface area contributed by atoms with E-state index in [-0.39, 0.29) is 0 Å². The zero-order valence-corrected chi connectivity index (χ0v) is 20.4. The average molecular weight is 451 g/mol. The van der Waals surface area contributed by atoms with Gasteiger partial charge in [-0.25, -0.2) is 0 Å². The van der Waals surface area contributed by atoms with Gasteiger partial charge in [0.1, 0.15) is 15.8 Å². The van der Waals surface area contributed by atoms with Gasteiger partial charge < -0.3 is 4.74 Å². The Morgan fingerprint density at radius 3 is 1.66 bits per heavy atom. The lowest BCUT2D eigenvalue weighted by atomic mass is 10.1. The zero-order valence-electron chi connectivity index (χ0n) is 19.6. The fraction of sp³-hybridized carbons (Fsp3) is 0.500. The molecule has 1 aromatic heterocycles. The first-order valence-corrected chi connectivity index (χ1v) is 13.3. The quantitative estimate of drug-likeness (QED) is 0.204. The van der Waals surface area contributed by atoms with Crippen LogP contribution in [0.5, 0.6) is 5.75 Å². The number of hydrogen-bond acceptors (Lipinski definition) is 4. The molecule has 0 saturated carbocycles. The first-order valence-electron chi connectivity index (χ1n) is 12.5. The van der Waals surface area contributed by atoms with Crippen molar-refractivity contribution in [3.05, 3.63) is 54.6 Å². The van der Waals surface area contributed by atoms with Crippen molar-refractivity contribution in [2.75, 3.05) is 6.61 Å². The molecule has 0 spiro atoms. The topological polar surface area (TPSA) is 35.0 Å². The van der Waals surface area contributed by atoms with Crippen LogP contribution >= 0.6 is 11.3 Å². The Hall–Kier alpha value is -2.20. The molecule has 0 aliphatic rings. The third-order valence-electron chi connectivity index (χ3n) is 5.81. The van der Waals surface area contributed by atoms with Crippen molar-refractivity contribution in [1.82, 2.24) is 10.2 Å². The molecule has 3 aromatic rings. The highest BCUT2D eigenvalue weighted by Crippen LogP contribution is 2.30. The van der Waals surface area contributed by atoms with Gasteiger partial charge in [0, 0.05) is 11.1 Å². The maximum absolute atomic E-state index is 5.93. The van der Waals surface area contributed by atoms with Crippen LogP contribution in [0.4, 0.5) is 0 Å². The molecule has 0 aliphatic heterocycles. The highest BCUT2D eigenvalue weighted by Gasteiger charge is 2.08. The van der Waals surface area contributed by atoms with Crippen LogP contribution in [-0.4, -0.2) is 16.8 Å². The number of ether oxygens (including phenoxy) is 1. The van der Waals surface area contributed by atoms with Gasteiger partial charge in [-0.3, -0.25) is 0 Å². The van der Waals surface area contributed by atoms with Gasteiger partial charge in [0.2, 0.25) is 0 Å². The molecule has 0 bridgehead atoms. The number of rotatable bonds is 16. The zero-order chi connectivity index (χ0) is 22.3. The van der Waals surface area contributed by atoms with Gasteiger partial charge in [-0.15, -0.1) is 10.2 Å². The summed E-state index contributed by atoms with van der Waals surface area (Å²) < 4.78 is 5.93. The molecule has 172 valence electrons. The first kappa shape index (κ1) is 24.4. The summed E-state index contributed by atoms with van der Waals surface area (Å²) in [6.45, 7) is 3.08. The highest BCUT2D eigenvalue weighted by atomic mass is 32.1. The summed E-state index contributed by atoms with van der Waals surface area (Å²) in [6, 6.07) is 18.4. The van der Waals surface area contributed by atoms with Crippen molar-refractivity contribution in [2.45, 2.75) is 84.0 Å². The van der Waals surface area contributed by atoms with E-state index in [4.69, 9.17) is 4.74 Å². The Morgan fingerprint density at radius 1 is 0.594 bits per heavy atom. The Bertz CT molecular complexity index is 861. The maximum atomic E-state index is 5.93. The van der Waals surface area contributed by atoms with Crippen LogP contribution in [0.1, 0.15) is 84.0 Å². The number of benzene rings is 2. The Balaban J connectivity index is 1.26. The predicted molar refractivity (Wildman–Crippen MR) is 137 cm³/mol. The normalized spacial score (nSPS) is 11.0. The van der Waals surface area contributed by atoms with Crippen molar-refractivity contribution < 1.29 is 4.74 Å². The van der Waals surface area contributed by atoms with Gasteiger partial charge in [-0.2, -0.15) is 0 Å². The van der Waals surface area contributed by atoms with Crippen molar-refractivity contribution in [3.63, 3.8) is 0 Å². The summed E-state index contributed by atoms with van der Waals surface area (Å²) in [5, 5.41) is 10.6. The molecule has 0 aliphatic carbocycles. The molecule has 0 N–H and O–H groups in total. The third kappa shape index (κ3) is 8.74. The van der Waals surface area contributed by atoms with E-state index in [9.17, 15) is 0 Å². The van der Waals surface area contributed by atoms with E-state index in [0.29, 0.717) is 0 Å². The Kier molecular flexibility index (Phi) is 11.3. The molecule has 32 heavy (non-hydrogen) atoms. The van der Waals surface area contributed by atoms with Crippen LogP contribution in [0.2, 0.25) is 0 Å². The second-order valence-electron chi connectivity index (χ2n) is 8.54. The largest absolute Gasteiger partial charge is 0.494 e. The molecule has 3 rings (SSSR count). The minimum atomic E-state index is 0.799. The summed E-state index contributed by atoms with van der Waals surface area (Å²) >= 11 is 1.62.